The zero-order valence-electron chi connectivity index (χ0n) is 18.9. The van der Waals surface area contributed by atoms with Gasteiger partial charge in [0, 0.05) is 24.8 Å². The first kappa shape index (κ1) is 26.0. The van der Waals surface area contributed by atoms with Crippen LogP contribution in [0.4, 0.5) is 20.2 Å². The predicted molar refractivity (Wildman–Crippen MR) is 125 cm³/mol. The Hall–Kier alpha value is -2.57. The molecule has 0 aliphatic carbocycles. The normalized spacial score (nSPS) is 16.5. The van der Waals surface area contributed by atoms with Crippen LogP contribution in [0.5, 0.6) is 0 Å². The number of nitrogens with zero attached hydrogens (tertiary/aromatic N) is 2. The van der Waals surface area contributed by atoms with Crippen molar-refractivity contribution in [3.05, 3.63) is 54.1 Å². The number of sulfonamides is 2. The van der Waals surface area contributed by atoms with Gasteiger partial charge in [-0.25, -0.2) is 25.6 Å². The fourth-order valence-corrected chi connectivity index (χ4v) is 6.50. The minimum Gasteiger partial charge on any atom is -0.324 e. The van der Waals surface area contributed by atoms with Crippen LogP contribution in [-0.4, -0.2) is 52.4 Å². The van der Waals surface area contributed by atoms with Gasteiger partial charge in [0.1, 0.15) is 6.04 Å². The smallest absolute Gasteiger partial charge is 0.247 e. The van der Waals surface area contributed by atoms with Crippen molar-refractivity contribution in [3.8, 4) is 0 Å². The first-order valence-corrected chi connectivity index (χ1v) is 14.1. The maximum Gasteiger partial charge on any atom is 0.247 e. The highest BCUT2D eigenvalue weighted by atomic mass is 32.2. The lowest BCUT2D eigenvalue weighted by Crippen LogP contribution is -2.45. The van der Waals surface area contributed by atoms with E-state index in [0.717, 1.165) is 44.1 Å². The summed E-state index contributed by atoms with van der Waals surface area (Å²) in [4.78, 5) is 12.9. The Morgan fingerprint density at radius 3 is 2.06 bits per heavy atom. The number of carbonyl (C=O) groups excluding carboxylic acids is 1. The molecular formula is C22H27F2N3O5S2. The molecule has 0 radical (unpaired) electrons. The van der Waals surface area contributed by atoms with E-state index in [1.807, 2.05) is 0 Å². The minimum atomic E-state index is -4.03. The first-order chi connectivity index (χ1) is 15.9. The zero-order chi connectivity index (χ0) is 25.1. The maximum absolute atomic E-state index is 13.7. The minimum absolute atomic E-state index is 0.0972. The molecule has 0 saturated carbocycles. The van der Waals surface area contributed by atoms with Crippen molar-refractivity contribution in [1.82, 2.24) is 4.31 Å². The lowest BCUT2D eigenvalue weighted by molar-refractivity contribution is -0.116. The van der Waals surface area contributed by atoms with Gasteiger partial charge >= 0.3 is 0 Å². The number of hydrogen-bond acceptors (Lipinski definition) is 5. The topological polar surface area (TPSA) is 104 Å². The summed E-state index contributed by atoms with van der Waals surface area (Å²) >= 11 is 0. The van der Waals surface area contributed by atoms with Gasteiger partial charge < -0.3 is 5.32 Å². The lowest BCUT2D eigenvalue weighted by Gasteiger charge is -2.28. The summed E-state index contributed by atoms with van der Waals surface area (Å²) in [5.41, 5.74) is 0.0494. The summed E-state index contributed by atoms with van der Waals surface area (Å²) in [6.45, 7) is 2.23. The highest BCUT2D eigenvalue weighted by Gasteiger charge is 2.30. The molecule has 8 nitrogen and oxygen atoms in total. The summed E-state index contributed by atoms with van der Waals surface area (Å²) in [5.74, 6) is -3.14. The molecule has 1 heterocycles. The largest absolute Gasteiger partial charge is 0.324 e. The quantitative estimate of drug-likeness (QED) is 0.609. The van der Waals surface area contributed by atoms with E-state index in [9.17, 15) is 30.4 Å². The molecule has 1 saturated heterocycles. The summed E-state index contributed by atoms with van der Waals surface area (Å²) in [5, 5.41) is 2.54. The SMILES string of the molecule is C[C@@H](C(=O)Nc1ccc(S(=O)(=O)N2CCCCCC2)cc1)N(c1ccc(F)c(F)c1)S(C)(=O)=O. The van der Waals surface area contributed by atoms with E-state index in [0.29, 0.717) is 23.5 Å². The van der Waals surface area contributed by atoms with Gasteiger partial charge in [0.05, 0.1) is 16.8 Å². The molecule has 1 amide bonds. The Morgan fingerprint density at radius 1 is 0.941 bits per heavy atom. The Morgan fingerprint density at radius 2 is 1.53 bits per heavy atom. The monoisotopic (exact) mass is 515 g/mol. The van der Waals surface area contributed by atoms with Crippen LogP contribution in [-0.2, 0) is 24.8 Å². The van der Waals surface area contributed by atoms with Gasteiger partial charge in [-0.05, 0) is 56.2 Å². The molecule has 0 aromatic heterocycles. The molecule has 3 rings (SSSR count). The third-order valence-electron chi connectivity index (χ3n) is 5.57. The van der Waals surface area contributed by atoms with Gasteiger partial charge in [0.15, 0.2) is 11.6 Å². The van der Waals surface area contributed by atoms with Crippen molar-refractivity contribution in [2.75, 3.05) is 29.0 Å². The maximum atomic E-state index is 13.7. The molecule has 0 unspecified atom stereocenters. The van der Waals surface area contributed by atoms with Gasteiger partial charge in [0.2, 0.25) is 26.0 Å². The van der Waals surface area contributed by atoms with E-state index in [2.05, 4.69) is 5.32 Å². The average Bonchev–Trinajstić information content (AvgIpc) is 3.06. The Labute approximate surface area is 198 Å². The number of nitrogens with one attached hydrogen (secondary N) is 1. The van der Waals surface area contributed by atoms with Gasteiger partial charge in [-0.15, -0.1) is 0 Å². The van der Waals surface area contributed by atoms with Gasteiger partial charge in [0.25, 0.3) is 0 Å². The van der Waals surface area contributed by atoms with Crippen LogP contribution in [0.25, 0.3) is 0 Å². The summed E-state index contributed by atoms with van der Waals surface area (Å²) in [6, 6.07) is 6.81. The molecule has 0 spiro atoms. The van der Waals surface area contributed by atoms with Gasteiger partial charge in [-0.2, -0.15) is 4.31 Å². The van der Waals surface area contributed by atoms with Crippen LogP contribution < -0.4 is 9.62 Å². The molecule has 2 aromatic rings. The third kappa shape index (κ3) is 5.91. The van der Waals surface area contributed by atoms with Gasteiger partial charge in [-0.1, -0.05) is 12.8 Å². The molecule has 0 bridgehead atoms. The van der Waals surface area contributed by atoms with E-state index in [1.54, 1.807) is 0 Å². The second kappa shape index (κ2) is 10.4. The summed E-state index contributed by atoms with van der Waals surface area (Å²) < 4.78 is 79.5. The van der Waals surface area contributed by atoms with E-state index < -0.39 is 43.6 Å². The molecule has 1 atom stereocenters. The predicted octanol–water partition coefficient (Wildman–Crippen LogP) is 3.32. The Balaban J connectivity index is 1.78. The Bertz CT molecular complexity index is 1240. The van der Waals surface area contributed by atoms with Crippen LogP contribution in [0.1, 0.15) is 32.6 Å². The van der Waals surface area contributed by atoms with Crippen molar-refractivity contribution < 1.29 is 30.4 Å². The second-order valence-electron chi connectivity index (χ2n) is 8.17. The fourth-order valence-electron chi connectivity index (χ4n) is 3.82. The number of rotatable bonds is 7. The molecule has 2 aromatic carbocycles. The fraction of sp³-hybridized carbons (Fsp3) is 0.409. The number of hydrogen-bond donors (Lipinski definition) is 1. The van der Waals surface area contributed by atoms with E-state index >= 15 is 0 Å². The number of amides is 1. The molecule has 12 heteroatoms. The Kier molecular flexibility index (Phi) is 7.94. The number of halogens is 2. The van der Waals surface area contributed by atoms with Crippen molar-refractivity contribution in [1.29, 1.82) is 0 Å². The molecule has 1 aliphatic heterocycles. The van der Waals surface area contributed by atoms with Crippen molar-refractivity contribution in [2.24, 2.45) is 0 Å². The molecule has 1 fully saturated rings. The number of carbonyl (C=O) groups is 1. The van der Waals surface area contributed by atoms with Crippen molar-refractivity contribution in [3.63, 3.8) is 0 Å². The van der Waals surface area contributed by atoms with Crippen LogP contribution in [0.15, 0.2) is 47.4 Å². The van der Waals surface area contributed by atoms with Crippen molar-refractivity contribution in [2.45, 2.75) is 43.5 Å². The van der Waals surface area contributed by atoms with Gasteiger partial charge in [-0.3, -0.25) is 9.10 Å². The first-order valence-electron chi connectivity index (χ1n) is 10.8. The van der Waals surface area contributed by atoms with E-state index in [-0.39, 0.29) is 16.3 Å². The van der Waals surface area contributed by atoms with Crippen LogP contribution in [0.3, 0.4) is 0 Å². The molecule has 1 N–H and O–H groups in total. The average molecular weight is 516 g/mol. The van der Waals surface area contributed by atoms with Crippen LogP contribution in [0, 0.1) is 11.6 Å². The summed E-state index contributed by atoms with van der Waals surface area (Å²) in [6.07, 6.45) is 4.44. The van der Waals surface area contributed by atoms with Crippen LogP contribution >= 0.6 is 0 Å². The molecule has 34 heavy (non-hydrogen) atoms. The lowest BCUT2D eigenvalue weighted by atomic mass is 10.2. The third-order valence-corrected chi connectivity index (χ3v) is 8.73. The van der Waals surface area contributed by atoms with Crippen molar-refractivity contribution >= 4 is 37.3 Å². The molecule has 186 valence electrons. The second-order valence-corrected chi connectivity index (χ2v) is 12.0. The van der Waals surface area contributed by atoms with E-state index in [1.165, 1.54) is 35.5 Å². The number of benzene rings is 2. The van der Waals surface area contributed by atoms with Crippen LogP contribution in [0.2, 0.25) is 0 Å². The standard InChI is InChI=1S/C22H27F2N3O5S2/c1-16(27(33(2,29)30)18-9-12-20(23)21(24)15-18)22(28)25-17-7-10-19(11-8-17)34(31,32)26-13-5-3-4-6-14-26/h7-12,15-16H,3-6,13-14H2,1-2H3,(H,25,28)/t16-/m0/s1. The zero-order valence-corrected chi connectivity index (χ0v) is 20.5. The highest BCUT2D eigenvalue weighted by Crippen LogP contribution is 2.25. The number of anilines is 2. The highest BCUT2D eigenvalue weighted by molar-refractivity contribution is 7.92. The van der Waals surface area contributed by atoms with E-state index in [4.69, 9.17) is 0 Å². The molecule has 1 aliphatic rings. The molecular weight excluding hydrogens is 488 g/mol. The summed E-state index contributed by atoms with van der Waals surface area (Å²) in [7, 11) is -7.68.